The summed E-state index contributed by atoms with van der Waals surface area (Å²) in [7, 11) is 1.46. The summed E-state index contributed by atoms with van der Waals surface area (Å²) in [5, 5.41) is 17.6. The van der Waals surface area contributed by atoms with Crippen molar-refractivity contribution in [3.05, 3.63) is 71.5 Å². The molecule has 218 valence electrons. The van der Waals surface area contributed by atoms with Crippen LogP contribution in [0.3, 0.4) is 0 Å². The standard InChI is InChI=1S/C29H31F3N4O5/c1-41-23-12-10-22(11-13-23)36-17-24(27(35-36)29(30,31)32)28(40)33-15-14-25(37)34-21-8-6-20(7-9-21)19-4-2-18(3-5-19)16-26(38)39/h6-13,17-19H,2-5,14-16H2,1H3,(H,33,40)(H,34,37)(H,38,39). The van der Waals surface area contributed by atoms with Crippen molar-refractivity contribution in [3.63, 3.8) is 0 Å². The van der Waals surface area contributed by atoms with Crippen molar-refractivity contribution in [2.45, 2.75) is 50.6 Å². The molecule has 0 radical (unpaired) electrons. The van der Waals surface area contributed by atoms with Gasteiger partial charge in [0.2, 0.25) is 5.91 Å². The molecule has 1 aromatic heterocycles. The Morgan fingerprint density at radius 2 is 1.68 bits per heavy atom. The first-order valence-corrected chi connectivity index (χ1v) is 13.2. The van der Waals surface area contributed by atoms with Gasteiger partial charge in [0.1, 0.15) is 5.75 Å². The summed E-state index contributed by atoms with van der Waals surface area (Å²) in [4.78, 5) is 35.9. The maximum Gasteiger partial charge on any atom is 0.435 e. The van der Waals surface area contributed by atoms with Crippen LogP contribution in [0.4, 0.5) is 18.9 Å². The molecule has 0 atom stereocenters. The van der Waals surface area contributed by atoms with Gasteiger partial charge >= 0.3 is 12.1 Å². The van der Waals surface area contributed by atoms with Crippen LogP contribution in [0.25, 0.3) is 5.69 Å². The predicted molar refractivity (Wildman–Crippen MR) is 144 cm³/mol. The molecule has 1 aliphatic carbocycles. The van der Waals surface area contributed by atoms with E-state index in [0.29, 0.717) is 23.0 Å². The second kappa shape index (κ2) is 12.9. The van der Waals surface area contributed by atoms with Gasteiger partial charge in [-0.3, -0.25) is 14.4 Å². The fraction of sp³-hybridized carbons (Fsp3) is 0.379. The summed E-state index contributed by atoms with van der Waals surface area (Å²) in [6.07, 6.45) is -0.228. The van der Waals surface area contributed by atoms with E-state index in [9.17, 15) is 27.6 Å². The molecule has 3 N–H and O–H groups in total. The molecule has 4 rings (SSSR count). The molecule has 0 bridgehead atoms. The van der Waals surface area contributed by atoms with E-state index in [4.69, 9.17) is 9.84 Å². The number of carboxylic acid groups (broad SMARTS) is 1. The lowest BCUT2D eigenvalue weighted by molar-refractivity contribution is -0.141. The molecule has 1 fully saturated rings. The molecule has 1 aliphatic rings. The lowest BCUT2D eigenvalue weighted by Crippen LogP contribution is -2.29. The first kappa shape index (κ1) is 29.6. The highest BCUT2D eigenvalue weighted by molar-refractivity contribution is 5.96. The van der Waals surface area contributed by atoms with E-state index in [2.05, 4.69) is 15.7 Å². The largest absolute Gasteiger partial charge is 0.497 e. The third-order valence-electron chi connectivity index (χ3n) is 7.18. The highest BCUT2D eigenvalue weighted by Gasteiger charge is 2.39. The van der Waals surface area contributed by atoms with Crippen LogP contribution in [-0.2, 0) is 15.8 Å². The van der Waals surface area contributed by atoms with E-state index in [1.54, 1.807) is 24.3 Å². The number of carboxylic acids is 1. The van der Waals surface area contributed by atoms with E-state index in [1.807, 2.05) is 12.1 Å². The van der Waals surface area contributed by atoms with Crippen LogP contribution in [0, 0.1) is 5.92 Å². The number of methoxy groups -OCH3 is 1. The Morgan fingerprint density at radius 3 is 2.27 bits per heavy atom. The maximum atomic E-state index is 13.6. The number of carbonyl (C=O) groups excluding carboxylic acids is 2. The molecule has 41 heavy (non-hydrogen) atoms. The molecule has 2 aromatic carbocycles. The third-order valence-corrected chi connectivity index (χ3v) is 7.18. The first-order chi connectivity index (χ1) is 19.5. The highest BCUT2D eigenvalue weighted by atomic mass is 19.4. The fourth-order valence-electron chi connectivity index (χ4n) is 5.01. The van der Waals surface area contributed by atoms with Crippen molar-refractivity contribution in [1.29, 1.82) is 0 Å². The topological polar surface area (TPSA) is 123 Å². The molecule has 0 saturated heterocycles. The second-order valence-electron chi connectivity index (χ2n) is 10.0. The van der Waals surface area contributed by atoms with Crippen molar-refractivity contribution in [2.75, 3.05) is 19.0 Å². The minimum Gasteiger partial charge on any atom is -0.497 e. The van der Waals surface area contributed by atoms with Crippen LogP contribution in [0.2, 0.25) is 0 Å². The number of nitrogens with zero attached hydrogens (tertiary/aromatic N) is 2. The van der Waals surface area contributed by atoms with Gasteiger partial charge in [0.25, 0.3) is 5.91 Å². The average molecular weight is 573 g/mol. The first-order valence-electron chi connectivity index (χ1n) is 13.2. The monoisotopic (exact) mass is 572 g/mol. The number of ether oxygens (including phenoxy) is 1. The quantitative estimate of drug-likeness (QED) is 0.299. The Morgan fingerprint density at radius 1 is 1.02 bits per heavy atom. The lowest BCUT2D eigenvalue weighted by Gasteiger charge is -2.28. The number of benzene rings is 2. The number of rotatable bonds is 10. The van der Waals surface area contributed by atoms with Crippen LogP contribution in [-0.4, -0.2) is 46.3 Å². The molecule has 9 nitrogen and oxygen atoms in total. The number of anilines is 1. The number of hydrogen-bond acceptors (Lipinski definition) is 5. The molecule has 2 amide bonds. The van der Waals surface area contributed by atoms with E-state index >= 15 is 0 Å². The maximum absolute atomic E-state index is 13.6. The molecule has 0 unspecified atom stereocenters. The normalized spacial score (nSPS) is 17.1. The van der Waals surface area contributed by atoms with Gasteiger partial charge in [-0.2, -0.15) is 18.3 Å². The summed E-state index contributed by atoms with van der Waals surface area (Å²) in [6, 6.07) is 13.6. The molecular formula is C29H31F3N4O5. The summed E-state index contributed by atoms with van der Waals surface area (Å²) in [5.41, 5.74) is 0.0168. The molecule has 0 aliphatic heterocycles. The zero-order chi connectivity index (χ0) is 29.6. The van der Waals surface area contributed by atoms with Gasteiger partial charge in [0.05, 0.1) is 18.4 Å². The van der Waals surface area contributed by atoms with Gasteiger partial charge in [-0.25, -0.2) is 4.68 Å². The SMILES string of the molecule is COc1ccc(-n2cc(C(=O)NCCC(=O)Nc3ccc(C4CCC(CC(=O)O)CC4)cc3)c(C(F)(F)F)n2)cc1. The van der Waals surface area contributed by atoms with Gasteiger partial charge in [-0.15, -0.1) is 0 Å². The molecule has 1 heterocycles. The number of nitrogens with one attached hydrogen (secondary N) is 2. The van der Waals surface area contributed by atoms with Gasteiger partial charge in [0, 0.05) is 31.3 Å². The number of carbonyl (C=O) groups is 3. The van der Waals surface area contributed by atoms with Crippen molar-refractivity contribution in [2.24, 2.45) is 5.92 Å². The van der Waals surface area contributed by atoms with Crippen LogP contribution in [0.5, 0.6) is 5.75 Å². The fourth-order valence-corrected chi connectivity index (χ4v) is 5.01. The van der Waals surface area contributed by atoms with Crippen molar-refractivity contribution in [1.82, 2.24) is 15.1 Å². The van der Waals surface area contributed by atoms with Crippen molar-refractivity contribution < 1.29 is 37.4 Å². The number of aliphatic carboxylic acids is 1. The zero-order valence-electron chi connectivity index (χ0n) is 22.4. The number of alkyl halides is 3. The predicted octanol–water partition coefficient (Wildman–Crippen LogP) is 5.41. The Hall–Kier alpha value is -4.35. The number of halogens is 3. The molecular weight excluding hydrogens is 541 g/mol. The van der Waals surface area contributed by atoms with Crippen molar-refractivity contribution in [3.8, 4) is 11.4 Å². The van der Waals surface area contributed by atoms with Crippen LogP contribution >= 0.6 is 0 Å². The van der Waals surface area contributed by atoms with Gasteiger partial charge in [0.15, 0.2) is 5.69 Å². The molecule has 0 spiro atoms. The Bertz CT molecular complexity index is 1360. The Kier molecular flexibility index (Phi) is 9.31. The molecule has 1 saturated carbocycles. The minimum atomic E-state index is -4.86. The van der Waals surface area contributed by atoms with Gasteiger partial charge in [-0.05, 0) is 79.5 Å². The van der Waals surface area contributed by atoms with Gasteiger partial charge in [-0.1, -0.05) is 12.1 Å². The van der Waals surface area contributed by atoms with E-state index < -0.39 is 35.2 Å². The minimum absolute atomic E-state index is 0.144. The summed E-state index contributed by atoms with van der Waals surface area (Å²) in [5.74, 6) is -1.09. The van der Waals surface area contributed by atoms with E-state index in [-0.39, 0.29) is 25.3 Å². The van der Waals surface area contributed by atoms with Crippen LogP contribution in [0.1, 0.15) is 66.1 Å². The van der Waals surface area contributed by atoms with Gasteiger partial charge < -0.3 is 20.5 Å². The van der Waals surface area contributed by atoms with Crippen LogP contribution in [0.15, 0.2) is 54.7 Å². The Labute approximate surface area is 234 Å². The van der Waals surface area contributed by atoms with Crippen molar-refractivity contribution >= 4 is 23.5 Å². The smallest absolute Gasteiger partial charge is 0.435 e. The summed E-state index contributed by atoms with van der Waals surface area (Å²) in [6.45, 7) is -0.173. The molecule has 12 heteroatoms. The lowest BCUT2D eigenvalue weighted by atomic mass is 9.77. The Balaban J connectivity index is 1.29. The average Bonchev–Trinajstić information content (AvgIpc) is 3.40. The van der Waals surface area contributed by atoms with Crippen LogP contribution < -0.4 is 15.4 Å². The number of hydrogen-bond donors (Lipinski definition) is 3. The van der Waals surface area contributed by atoms with E-state index in [0.717, 1.165) is 42.1 Å². The number of amides is 2. The second-order valence-corrected chi connectivity index (χ2v) is 10.0. The number of aromatic nitrogens is 2. The summed E-state index contributed by atoms with van der Waals surface area (Å²) >= 11 is 0. The zero-order valence-corrected chi connectivity index (χ0v) is 22.4. The third kappa shape index (κ3) is 7.86. The highest BCUT2D eigenvalue weighted by Crippen LogP contribution is 2.37. The molecule has 3 aromatic rings. The summed E-state index contributed by atoms with van der Waals surface area (Å²) < 4.78 is 46.8. The van der Waals surface area contributed by atoms with E-state index in [1.165, 1.54) is 19.2 Å².